The molecule has 0 bridgehead atoms. The monoisotopic (exact) mass is 390 g/mol. The lowest BCUT2D eigenvalue weighted by Gasteiger charge is -2.16. The van der Waals surface area contributed by atoms with Crippen molar-refractivity contribution in [3.05, 3.63) is 65.2 Å². The Morgan fingerprint density at radius 1 is 1.11 bits per heavy atom. The van der Waals surface area contributed by atoms with E-state index in [9.17, 15) is 18.0 Å². The fourth-order valence-corrected chi connectivity index (χ4v) is 3.42. The average Bonchev–Trinajstić information content (AvgIpc) is 2.61. The van der Waals surface area contributed by atoms with Gasteiger partial charge in [-0.05, 0) is 42.3 Å². The second kappa shape index (κ2) is 8.32. The van der Waals surface area contributed by atoms with E-state index in [1.807, 2.05) is 0 Å². The Labute approximate surface area is 158 Å². The first-order valence-corrected chi connectivity index (χ1v) is 9.69. The maximum Gasteiger partial charge on any atom is 0.335 e. The van der Waals surface area contributed by atoms with E-state index in [2.05, 4.69) is 5.32 Å². The number of sulfonamides is 1. The summed E-state index contributed by atoms with van der Waals surface area (Å²) < 4.78 is 25.3. The fraction of sp³-hybridized carbons (Fsp3) is 0.263. The van der Waals surface area contributed by atoms with E-state index in [1.165, 1.54) is 38.4 Å². The highest BCUT2D eigenvalue weighted by Gasteiger charge is 2.18. The van der Waals surface area contributed by atoms with Crippen molar-refractivity contribution < 1.29 is 23.1 Å². The molecule has 2 N–H and O–H groups in total. The average molecular weight is 390 g/mol. The van der Waals surface area contributed by atoms with Crippen LogP contribution in [0, 0.1) is 0 Å². The van der Waals surface area contributed by atoms with Gasteiger partial charge in [-0.1, -0.05) is 24.3 Å². The zero-order chi connectivity index (χ0) is 20.2. The number of hydrogen-bond donors (Lipinski definition) is 2. The molecule has 0 aliphatic heterocycles. The number of hydrogen-bond acceptors (Lipinski definition) is 4. The summed E-state index contributed by atoms with van der Waals surface area (Å²) in [5, 5.41) is 11.8. The molecule has 1 amide bonds. The molecule has 7 nitrogen and oxygen atoms in total. The molecule has 0 heterocycles. The summed E-state index contributed by atoms with van der Waals surface area (Å²) >= 11 is 0. The van der Waals surface area contributed by atoms with Crippen LogP contribution >= 0.6 is 0 Å². The van der Waals surface area contributed by atoms with E-state index < -0.39 is 16.0 Å². The van der Waals surface area contributed by atoms with Gasteiger partial charge in [-0.15, -0.1) is 0 Å². The minimum absolute atomic E-state index is 0.0541. The van der Waals surface area contributed by atoms with Crippen molar-refractivity contribution in [3.63, 3.8) is 0 Å². The molecular formula is C19H22N2O5S. The summed E-state index contributed by atoms with van der Waals surface area (Å²) in [4.78, 5) is 23.4. The molecule has 2 rings (SSSR count). The normalized spacial score (nSPS) is 12.6. The number of nitrogens with one attached hydrogen (secondary N) is 1. The van der Waals surface area contributed by atoms with Crippen LogP contribution in [0.2, 0.25) is 0 Å². The molecule has 0 radical (unpaired) electrons. The number of carboxylic acid groups (broad SMARTS) is 1. The van der Waals surface area contributed by atoms with E-state index in [4.69, 9.17) is 5.11 Å². The molecule has 2 aromatic carbocycles. The van der Waals surface area contributed by atoms with Crippen LogP contribution < -0.4 is 5.32 Å². The predicted molar refractivity (Wildman–Crippen MR) is 101 cm³/mol. The van der Waals surface area contributed by atoms with Crippen LogP contribution in [0.3, 0.4) is 0 Å². The lowest BCUT2D eigenvalue weighted by Crippen LogP contribution is -2.28. The molecule has 0 fully saturated rings. The van der Waals surface area contributed by atoms with Crippen molar-refractivity contribution in [2.75, 3.05) is 14.1 Å². The number of carbonyl (C=O) groups excluding carboxylic acids is 1. The van der Waals surface area contributed by atoms with Gasteiger partial charge in [-0.2, -0.15) is 0 Å². The Balaban J connectivity index is 2.04. The third-order valence-corrected chi connectivity index (χ3v) is 5.90. The molecule has 144 valence electrons. The topological polar surface area (TPSA) is 104 Å². The summed E-state index contributed by atoms with van der Waals surface area (Å²) in [6, 6.07) is 12.2. The third-order valence-electron chi connectivity index (χ3n) is 4.07. The van der Waals surface area contributed by atoms with Gasteiger partial charge in [0.2, 0.25) is 15.9 Å². The molecule has 2 aromatic rings. The highest BCUT2D eigenvalue weighted by molar-refractivity contribution is 7.89. The number of rotatable bonds is 7. The van der Waals surface area contributed by atoms with Gasteiger partial charge in [0.05, 0.1) is 22.9 Å². The molecular weight excluding hydrogens is 368 g/mol. The van der Waals surface area contributed by atoms with Crippen LogP contribution in [0.1, 0.15) is 34.5 Å². The maximum atomic E-state index is 12.2. The second-order valence-corrected chi connectivity index (χ2v) is 8.48. The Hall–Kier alpha value is -2.71. The summed E-state index contributed by atoms with van der Waals surface area (Å²) in [5.74, 6) is -1.30. The van der Waals surface area contributed by atoms with E-state index in [0.29, 0.717) is 5.56 Å². The largest absolute Gasteiger partial charge is 0.478 e. The summed E-state index contributed by atoms with van der Waals surface area (Å²) in [7, 11) is -0.569. The van der Waals surface area contributed by atoms with Crippen LogP contribution in [-0.4, -0.2) is 43.8 Å². The van der Waals surface area contributed by atoms with Crippen LogP contribution in [0.15, 0.2) is 53.4 Å². The molecule has 1 atom stereocenters. The maximum absolute atomic E-state index is 12.2. The van der Waals surface area contributed by atoms with Gasteiger partial charge in [-0.25, -0.2) is 17.5 Å². The minimum Gasteiger partial charge on any atom is -0.478 e. The molecule has 1 unspecified atom stereocenters. The standard InChI is InChI=1S/C19H22N2O5S/c1-13(15-7-9-17(10-8-15)27(25,26)21(2)3)20-18(22)12-14-5-4-6-16(11-14)19(23)24/h4-11,13H,12H2,1-3H3,(H,20,22)(H,23,24). The summed E-state index contributed by atoms with van der Waals surface area (Å²) in [5.41, 5.74) is 1.50. The Kier molecular flexibility index (Phi) is 6.35. The Bertz CT molecular complexity index is 937. The fourth-order valence-electron chi connectivity index (χ4n) is 2.51. The van der Waals surface area contributed by atoms with Crippen molar-refractivity contribution in [1.82, 2.24) is 9.62 Å². The molecule has 27 heavy (non-hydrogen) atoms. The van der Waals surface area contributed by atoms with E-state index >= 15 is 0 Å². The molecule has 0 spiro atoms. The highest BCUT2D eigenvalue weighted by atomic mass is 32.2. The van der Waals surface area contributed by atoms with Gasteiger partial charge in [0.1, 0.15) is 0 Å². The van der Waals surface area contributed by atoms with Crippen LogP contribution in [-0.2, 0) is 21.2 Å². The Morgan fingerprint density at radius 3 is 2.30 bits per heavy atom. The van der Waals surface area contributed by atoms with Gasteiger partial charge in [0, 0.05) is 14.1 Å². The molecule has 0 aliphatic rings. The van der Waals surface area contributed by atoms with Gasteiger partial charge >= 0.3 is 5.97 Å². The number of carbonyl (C=O) groups is 2. The van der Waals surface area contributed by atoms with Crippen LogP contribution in [0.25, 0.3) is 0 Å². The second-order valence-electron chi connectivity index (χ2n) is 6.33. The number of benzene rings is 2. The zero-order valence-electron chi connectivity index (χ0n) is 15.3. The van der Waals surface area contributed by atoms with Crippen molar-refractivity contribution in [2.24, 2.45) is 0 Å². The summed E-state index contributed by atoms with van der Waals surface area (Å²) in [6.07, 6.45) is 0.0541. The third kappa shape index (κ3) is 5.15. The molecule has 0 aliphatic carbocycles. The van der Waals surface area contributed by atoms with Crippen molar-refractivity contribution >= 4 is 21.9 Å². The number of nitrogens with zero attached hydrogens (tertiary/aromatic N) is 1. The quantitative estimate of drug-likeness (QED) is 0.753. The molecule has 0 saturated carbocycles. The van der Waals surface area contributed by atoms with Gasteiger partial charge in [-0.3, -0.25) is 4.79 Å². The smallest absolute Gasteiger partial charge is 0.335 e. The highest BCUT2D eigenvalue weighted by Crippen LogP contribution is 2.18. The SMILES string of the molecule is CC(NC(=O)Cc1cccc(C(=O)O)c1)c1ccc(S(=O)(=O)N(C)C)cc1. The number of carboxylic acids is 1. The molecule has 0 aromatic heterocycles. The number of amides is 1. The van der Waals surface area contributed by atoms with Crippen molar-refractivity contribution in [3.8, 4) is 0 Å². The van der Waals surface area contributed by atoms with Gasteiger partial charge in [0.15, 0.2) is 0 Å². The summed E-state index contributed by atoms with van der Waals surface area (Å²) in [6.45, 7) is 1.79. The van der Waals surface area contributed by atoms with Crippen molar-refractivity contribution in [2.45, 2.75) is 24.3 Å². The van der Waals surface area contributed by atoms with Gasteiger partial charge < -0.3 is 10.4 Å². The van der Waals surface area contributed by atoms with E-state index in [0.717, 1.165) is 9.87 Å². The lowest BCUT2D eigenvalue weighted by molar-refractivity contribution is -0.121. The van der Waals surface area contributed by atoms with Crippen LogP contribution in [0.4, 0.5) is 0 Å². The zero-order valence-corrected chi connectivity index (χ0v) is 16.2. The number of aromatic carboxylic acids is 1. The van der Waals surface area contributed by atoms with Crippen molar-refractivity contribution in [1.29, 1.82) is 0 Å². The minimum atomic E-state index is -3.50. The van der Waals surface area contributed by atoms with Gasteiger partial charge in [0.25, 0.3) is 0 Å². The first kappa shape index (κ1) is 20.6. The lowest BCUT2D eigenvalue weighted by atomic mass is 10.1. The van der Waals surface area contributed by atoms with E-state index in [-0.39, 0.29) is 28.8 Å². The predicted octanol–water partition coefficient (Wildman–Crippen LogP) is 2.06. The first-order chi connectivity index (χ1) is 12.6. The molecule has 0 saturated heterocycles. The van der Waals surface area contributed by atoms with Crippen LogP contribution in [0.5, 0.6) is 0 Å². The molecule has 8 heteroatoms. The Morgan fingerprint density at radius 2 is 1.74 bits per heavy atom. The van der Waals surface area contributed by atoms with E-state index in [1.54, 1.807) is 31.2 Å². The first-order valence-electron chi connectivity index (χ1n) is 8.25.